The fourth-order valence-corrected chi connectivity index (χ4v) is 3.12. The molecule has 2 rings (SSSR count). The summed E-state index contributed by atoms with van der Waals surface area (Å²) in [5.41, 5.74) is 4.19. The fourth-order valence-electron chi connectivity index (χ4n) is 2.17. The van der Waals surface area contributed by atoms with Gasteiger partial charge in [-0.25, -0.2) is 18.1 Å². The maximum absolute atomic E-state index is 14.1. The van der Waals surface area contributed by atoms with Gasteiger partial charge >= 0.3 is 13.5 Å². The average molecular weight is 369 g/mol. The summed E-state index contributed by atoms with van der Waals surface area (Å²) in [6, 6.07) is 0. The number of nitrogen functional groups attached to an aromatic ring is 1. The van der Waals surface area contributed by atoms with Gasteiger partial charge < -0.3 is 15.4 Å². The molecule has 0 amide bonds. The van der Waals surface area contributed by atoms with Crippen molar-refractivity contribution in [2.75, 3.05) is 12.3 Å². The molecular formula is C12H18F2N3O6P. The molecule has 0 aromatic carbocycles. The lowest BCUT2D eigenvalue weighted by Crippen LogP contribution is -2.31. The zero-order valence-corrected chi connectivity index (χ0v) is 13.9. The van der Waals surface area contributed by atoms with Crippen LogP contribution in [0.15, 0.2) is 11.0 Å². The summed E-state index contributed by atoms with van der Waals surface area (Å²) in [5.74, 6) is -1.59. The Bertz CT molecular complexity index is 700. The van der Waals surface area contributed by atoms with Crippen LogP contribution in [0.25, 0.3) is 0 Å². The molecule has 1 aliphatic rings. The van der Waals surface area contributed by atoms with Gasteiger partial charge in [0.25, 0.3) is 0 Å². The number of aromatic nitrogens is 2. The van der Waals surface area contributed by atoms with E-state index in [9.17, 15) is 23.0 Å². The van der Waals surface area contributed by atoms with Crippen molar-refractivity contribution in [3.05, 3.63) is 22.5 Å². The second-order valence-corrected chi connectivity index (χ2v) is 6.89. The largest absolute Gasteiger partial charge is 0.472 e. The highest BCUT2D eigenvalue weighted by molar-refractivity contribution is 7.47. The van der Waals surface area contributed by atoms with Gasteiger partial charge in [-0.05, 0) is 13.8 Å². The summed E-state index contributed by atoms with van der Waals surface area (Å²) in [5, 5.41) is 0. The van der Waals surface area contributed by atoms with Gasteiger partial charge in [-0.1, -0.05) is 0 Å². The molecule has 3 N–H and O–H groups in total. The molecule has 0 spiro atoms. The standard InChI is InChI=1S/C12H18F2N3O6P/c1-6(2)23-24(19,20)21-5-7-3-8(13)11(22-7)17-4-9(14)10(15)16-12(17)18/h4,6-8,11H,3,5H2,1-2H3,(H,19,20)(H2,15,16,18). The Morgan fingerprint density at radius 2 is 2.29 bits per heavy atom. The van der Waals surface area contributed by atoms with E-state index in [4.69, 9.17) is 19.5 Å². The topological polar surface area (TPSA) is 126 Å². The minimum absolute atomic E-state index is 0.217. The monoisotopic (exact) mass is 369 g/mol. The number of nitrogens with two attached hydrogens (primary N) is 1. The van der Waals surface area contributed by atoms with Crippen molar-refractivity contribution in [2.45, 2.75) is 44.9 Å². The zero-order chi connectivity index (χ0) is 18.1. The molecule has 12 heteroatoms. The first kappa shape index (κ1) is 18.9. The smallest absolute Gasteiger partial charge is 0.381 e. The molecule has 1 saturated heterocycles. The lowest BCUT2D eigenvalue weighted by molar-refractivity contribution is -0.0411. The maximum atomic E-state index is 14.1. The van der Waals surface area contributed by atoms with E-state index in [0.29, 0.717) is 10.8 Å². The molecule has 1 aromatic heterocycles. The van der Waals surface area contributed by atoms with Gasteiger partial charge in [-0.3, -0.25) is 13.6 Å². The van der Waals surface area contributed by atoms with Crippen LogP contribution < -0.4 is 11.4 Å². The third-order valence-corrected chi connectivity index (χ3v) is 4.27. The van der Waals surface area contributed by atoms with Crippen LogP contribution in [0.5, 0.6) is 0 Å². The van der Waals surface area contributed by atoms with Crippen LogP contribution >= 0.6 is 7.82 Å². The third-order valence-electron chi connectivity index (χ3n) is 3.11. The minimum Gasteiger partial charge on any atom is -0.381 e. The Morgan fingerprint density at radius 3 is 2.92 bits per heavy atom. The first-order chi connectivity index (χ1) is 11.1. The van der Waals surface area contributed by atoms with Crippen LogP contribution in [0, 0.1) is 5.82 Å². The Morgan fingerprint density at radius 1 is 1.62 bits per heavy atom. The van der Waals surface area contributed by atoms with E-state index in [-0.39, 0.29) is 6.42 Å². The van der Waals surface area contributed by atoms with Crippen molar-refractivity contribution in [2.24, 2.45) is 0 Å². The third kappa shape index (κ3) is 4.58. The second-order valence-electron chi connectivity index (χ2n) is 5.48. The highest BCUT2D eigenvalue weighted by Gasteiger charge is 2.39. The molecule has 9 nitrogen and oxygen atoms in total. The molecule has 24 heavy (non-hydrogen) atoms. The highest BCUT2D eigenvalue weighted by atomic mass is 31.2. The average Bonchev–Trinajstić information content (AvgIpc) is 2.80. The van der Waals surface area contributed by atoms with Crippen molar-refractivity contribution < 1.29 is 32.0 Å². The summed E-state index contributed by atoms with van der Waals surface area (Å²) in [7, 11) is -4.30. The first-order valence-electron chi connectivity index (χ1n) is 7.08. The molecule has 2 heterocycles. The highest BCUT2D eigenvalue weighted by Crippen LogP contribution is 2.45. The number of ether oxygens (including phenoxy) is 1. The normalized spacial score (nSPS) is 26.7. The van der Waals surface area contributed by atoms with Crippen molar-refractivity contribution in [1.82, 2.24) is 9.55 Å². The van der Waals surface area contributed by atoms with Gasteiger partial charge in [0.2, 0.25) is 0 Å². The number of phosphoric ester groups is 1. The quantitative estimate of drug-likeness (QED) is 0.715. The van der Waals surface area contributed by atoms with E-state index >= 15 is 0 Å². The van der Waals surface area contributed by atoms with Crippen molar-refractivity contribution in [3.63, 3.8) is 0 Å². The number of rotatable bonds is 6. The lowest BCUT2D eigenvalue weighted by atomic mass is 10.2. The van der Waals surface area contributed by atoms with Gasteiger partial charge in [-0.2, -0.15) is 4.98 Å². The van der Waals surface area contributed by atoms with Crippen LogP contribution in [-0.2, 0) is 18.3 Å². The van der Waals surface area contributed by atoms with Gasteiger partial charge in [0.05, 0.1) is 25.0 Å². The van der Waals surface area contributed by atoms with Gasteiger partial charge in [0, 0.05) is 6.42 Å². The zero-order valence-electron chi connectivity index (χ0n) is 13.0. The van der Waals surface area contributed by atoms with Gasteiger partial charge in [0.1, 0.15) is 6.17 Å². The van der Waals surface area contributed by atoms with Crippen molar-refractivity contribution in [3.8, 4) is 0 Å². The van der Waals surface area contributed by atoms with Gasteiger partial charge in [0.15, 0.2) is 17.9 Å². The number of anilines is 1. The molecule has 0 aliphatic carbocycles. The Kier molecular flexibility index (Phi) is 5.71. The van der Waals surface area contributed by atoms with E-state index in [0.717, 1.165) is 0 Å². The Labute approximate surface area is 136 Å². The Balaban J connectivity index is 2.04. The fraction of sp³-hybridized carbons (Fsp3) is 0.667. The number of alkyl halides is 1. The molecule has 0 radical (unpaired) electrons. The van der Waals surface area contributed by atoms with E-state index in [1.54, 1.807) is 13.8 Å². The van der Waals surface area contributed by atoms with E-state index in [1.165, 1.54) is 0 Å². The predicted molar refractivity (Wildman–Crippen MR) is 78.3 cm³/mol. The summed E-state index contributed by atoms with van der Waals surface area (Å²) in [6.45, 7) is 2.65. The van der Waals surface area contributed by atoms with Crippen molar-refractivity contribution >= 4 is 13.6 Å². The van der Waals surface area contributed by atoms with E-state index in [1.807, 2.05) is 0 Å². The SMILES string of the molecule is CC(C)OP(=O)(O)OCC1CC(F)C(n2cc(F)c(N)nc2=O)O1. The summed E-state index contributed by atoms with van der Waals surface area (Å²) in [6.07, 6.45) is -4.08. The summed E-state index contributed by atoms with van der Waals surface area (Å²) >= 11 is 0. The van der Waals surface area contributed by atoms with Crippen LogP contribution in [0.1, 0.15) is 26.5 Å². The molecule has 136 valence electrons. The van der Waals surface area contributed by atoms with Gasteiger partial charge in [-0.15, -0.1) is 0 Å². The van der Waals surface area contributed by atoms with Crippen LogP contribution in [0.3, 0.4) is 0 Å². The van der Waals surface area contributed by atoms with Crippen LogP contribution in [0.2, 0.25) is 0 Å². The van der Waals surface area contributed by atoms with E-state index in [2.05, 4.69) is 4.98 Å². The molecule has 0 bridgehead atoms. The van der Waals surface area contributed by atoms with Crippen molar-refractivity contribution in [1.29, 1.82) is 0 Å². The number of hydrogen-bond donors (Lipinski definition) is 2. The molecule has 1 fully saturated rings. The predicted octanol–water partition coefficient (Wildman–Crippen LogP) is 1.13. The second kappa shape index (κ2) is 7.24. The molecule has 1 aliphatic heterocycles. The lowest BCUT2D eigenvalue weighted by Gasteiger charge is -2.18. The first-order valence-corrected chi connectivity index (χ1v) is 8.58. The van der Waals surface area contributed by atoms with Crippen LogP contribution in [0.4, 0.5) is 14.6 Å². The molecule has 0 saturated carbocycles. The number of phosphoric acid groups is 1. The molecule has 4 atom stereocenters. The van der Waals surface area contributed by atoms with E-state index < -0.39 is 56.4 Å². The minimum atomic E-state index is -4.30. The molecule has 4 unspecified atom stereocenters. The number of hydrogen-bond acceptors (Lipinski definition) is 7. The molecule has 1 aromatic rings. The number of halogens is 2. The van der Waals surface area contributed by atoms with Crippen LogP contribution in [-0.4, -0.2) is 39.4 Å². The number of nitrogens with zero attached hydrogens (tertiary/aromatic N) is 2. The Hall–Kier alpha value is -1.39. The maximum Gasteiger partial charge on any atom is 0.472 e. The molecular weight excluding hydrogens is 351 g/mol. The summed E-state index contributed by atoms with van der Waals surface area (Å²) < 4.78 is 54.4. The summed E-state index contributed by atoms with van der Waals surface area (Å²) in [4.78, 5) is 24.4.